The van der Waals surface area contributed by atoms with Gasteiger partial charge in [0, 0.05) is 18.6 Å². The molecule has 0 fully saturated rings. The van der Waals surface area contributed by atoms with Crippen LogP contribution in [-0.4, -0.2) is 21.8 Å². The average Bonchev–Trinajstić information content (AvgIpc) is 3.15. The normalized spacial score (nSPS) is 10.5. The molecule has 1 aromatic carbocycles. The minimum atomic E-state index is -0.431. The number of rotatable bonds is 4. The van der Waals surface area contributed by atoms with E-state index in [4.69, 9.17) is 4.52 Å². The second-order valence-electron chi connectivity index (χ2n) is 4.89. The zero-order valence-corrected chi connectivity index (χ0v) is 13.3. The van der Waals surface area contributed by atoms with Crippen LogP contribution in [0.15, 0.2) is 40.9 Å². The fourth-order valence-corrected chi connectivity index (χ4v) is 2.92. The highest BCUT2D eigenvalue weighted by Crippen LogP contribution is 2.24. The Labute approximate surface area is 136 Å². The molecule has 1 amide bonds. The first-order valence-corrected chi connectivity index (χ1v) is 7.68. The van der Waals surface area contributed by atoms with Crippen LogP contribution in [0.5, 0.6) is 0 Å². The smallest absolute Gasteiger partial charge is 0.279 e. The Morgan fingerprint density at radius 1 is 1.22 bits per heavy atom. The third-order valence-corrected chi connectivity index (χ3v) is 4.31. The van der Waals surface area contributed by atoms with Crippen LogP contribution in [0.4, 0.5) is 5.13 Å². The molecule has 0 saturated heterocycles. The predicted molar refractivity (Wildman–Crippen MR) is 86.7 cm³/mol. The van der Waals surface area contributed by atoms with Gasteiger partial charge < -0.3 is 4.52 Å². The largest absolute Gasteiger partial charge is 0.355 e. The number of aromatic nitrogens is 2. The highest BCUT2D eigenvalue weighted by molar-refractivity contribution is 7.17. The molecule has 6 nitrogen and oxygen atoms in total. The first kappa shape index (κ1) is 15.1. The van der Waals surface area contributed by atoms with Gasteiger partial charge in [-0.3, -0.25) is 14.9 Å². The van der Waals surface area contributed by atoms with Gasteiger partial charge in [-0.15, -0.1) is 0 Å². The van der Waals surface area contributed by atoms with Crippen LogP contribution in [0.1, 0.15) is 32.8 Å². The summed E-state index contributed by atoms with van der Waals surface area (Å²) in [6.07, 6.45) is 0. The molecule has 2 heterocycles. The molecular weight excluding hydrogens is 314 g/mol. The molecule has 0 spiro atoms. The number of Topliss-reactive ketones (excluding diaryl/α,β-unsaturated/α-hetero) is 1. The quantitative estimate of drug-likeness (QED) is 0.741. The first-order valence-electron chi connectivity index (χ1n) is 6.86. The lowest BCUT2D eigenvalue weighted by atomic mass is 10.1. The van der Waals surface area contributed by atoms with E-state index in [0.29, 0.717) is 21.5 Å². The maximum atomic E-state index is 12.2. The van der Waals surface area contributed by atoms with Crippen molar-refractivity contribution in [2.75, 3.05) is 5.32 Å². The first-order chi connectivity index (χ1) is 11.0. The second kappa shape index (κ2) is 6.13. The molecule has 7 heteroatoms. The Balaban J connectivity index is 1.78. The lowest BCUT2D eigenvalue weighted by molar-refractivity contribution is 0.101. The lowest BCUT2D eigenvalue weighted by Gasteiger charge is -1.95. The molecule has 0 aliphatic rings. The highest BCUT2D eigenvalue weighted by atomic mass is 32.1. The number of hydrogen-bond acceptors (Lipinski definition) is 6. The second-order valence-corrected chi connectivity index (χ2v) is 5.89. The molecule has 0 aliphatic carbocycles. The molecule has 0 unspecified atom stereocenters. The van der Waals surface area contributed by atoms with Crippen molar-refractivity contribution in [3.8, 4) is 11.3 Å². The highest BCUT2D eigenvalue weighted by Gasteiger charge is 2.17. The van der Waals surface area contributed by atoms with Crippen molar-refractivity contribution in [3.63, 3.8) is 0 Å². The number of aryl methyl sites for hydroxylation is 1. The number of ketones is 1. The van der Waals surface area contributed by atoms with E-state index >= 15 is 0 Å². The van der Waals surface area contributed by atoms with E-state index in [1.54, 1.807) is 13.0 Å². The van der Waals surface area contributed by atoms with Gasteiger partial charge in [0.1, 0.15) is 0 Å². The number of thiazole rings is 1. The number of carbonyl (C=O) groups is 2. The fraction of sp³-hybridized carbons (Fsp3) is 0.125. The van der Waals surface area contributed by atoms with Gasteiger partial charge in [0.2, 0.25) is 0 Å². The van der Waals surface area contributed by atoms with E-state index in [-0.39, 0.29) is 11.5 Å². The molecule has 23 heavy (non-hydrogen) atoms. The summed E-state index contributed by atoms with van der Waals surface area (Å²) in [4.78, 5) is 28.3. The van der Waals surface area contributed by atoms with Crippen LogP contribution in [0.2, 0.25) is 0 Å². The monoisotopic (exact) mass is 327 g/mol. The van der Waals surface area contributed by atoms with Crippen molar-refractivity contribution in [1.82, 2.24) is 10.1 Å². The van der Waals surface area contributed by atoms with E-state index < -0.39 is 5.91 Å². The predicted octanol–water partition coefficient (Wildman–Crippen LogP) is 3.56. The number of amides is 1. The van der Waals surface area contributed by atoms with Gasteiger partial charge >= 0.3 is 0 Å². The van der Waals surface area contributed by atoms with Crippen LogP contribution in [0.25, 0.3) is 11.3 Å². The summed E-state index contributed by atoms with van der Waals surface area (Å²) in [5, 5.41) is 6.77. The SMILES string of the molecule is CC(=O)c1sc(NC(=O)c2cc(-c3ccccc3)on2)nc1C. The Bertz CT molecular complexity index is 868. The van der Waals surface area contributed by atoms with E-state index in [0.717, 1.165) is 16.9 Å². The number of benzene rings is 1. The van der Waals surface area contributed by atoms with Crippen LogP contribution in [0, 0.1) is 6.92 Å². The van der Waals surface area contributed by atoms with Crippen molar-refractivity contribution in [1.29, 1.82) is 0 Å². The molecule has 2 aromatic heterocycles. The Morgan fingerprint density at radius 2 is 1.96 bits per heavy atom. The molecule has 1 N–H and O–H groups in total. The molecular formula is C16H13N3O3S. The molecule has 0 bridgehead atoms. The van der Waals surface area contributed by atoms with E-state index in [1.807, 2.05) is 30.3 Å². The van der Waals surface area contributed by atoms with Crippen molar-refractivity contribution < 1.29 is 14.1 Å². The number of carbonyl (C=O) groups excluding carboxylic acids is 2. The van der Waals surface area contributed by atoms with Gasteiger partial charge in [-0.1, -0.05) is 46.8 Å². The Hall–Kier alpha value is -2.80. The molecule has 0 radical (unpaired) electrons. The van der Waals surface area contributed by atoms with Gasteiger partial charge in [0.05, 0.1) is 10.6 Å². The van der Waals surface area contributed by atoms with Crippen LogP contribution < -0.4 is 5.32 Å². The van der Waals surface area contributed by atoms with Crippen LogP contribution in [0.3, 0.4) is 0 Å². The van der Waals surface area contributed by atoms with Gasteiger partial charge in [-0.2, -0.15) is 0 Å². The zero-order valence-electron chi connectivity index (χ0n) is 12.5. The molecule has 3 rings (SSSR count). The molecule has 3 aromatic rings. The van der Waals surface area contributed by atoms with Crippen molar-refractivity contribution >= 4 is 28.2 Å². The van der Waals surface area contributed by atoms with E-state index in [9.17, 15) is 9.59 Å². The van der Waals surface area contributed by atoms with Gasteiger partial charge in [-0.25, -0.2) is 4.98 Å². The van der Waals surface area contributed by atoms with Gasteiger partial charge in [0.25, 0.3) is 5.91 Å². The summed E-state index contributed by atoms with van der Waals surface area (Å²) >= 11 is 1.14. The summed E-state index contributed by atoms with van der Waals surface area (Å²) in [5.41, 5.74) is 1.59. The van der Waals surface area contributed by atoms with Gasteiger partial charge in [-0.05, 0) is 6.92 Å². The molecule has 116 valence electrons. The summed E-state index contributed by atoms with van der Waals surface area (Å²) in [5.74, 6) is 0.00331. The van der Waals surface area contributed by atoms with Crippen LogP contribution >= 0.6 is 11.3 Å². The number of nitrogens with zero attached hydrogens (tertiary/aromatic N) is 2. The third-order valence-electron chi connectivity index (χ3n) is 3.14. The van der Waals surface area contributed by atoms with Crippen molar-refractivity contribution in [2.45, 2.75) is 13.8 Å². The number of hydrogen-bond donors (Lipinski definition) is 1. The standard InChI is InChI=1S/C16H13N3O3S/c1-9-14(10(2)20)23-16(17-9)18-15(21)12-8-13(22-19-12)11-6-4-3-5-7-11/h3-8H,1-2H3,(H,17,18,21). The van der Waals surface area contributed by atoms with Crippen molar-refractivity contribution in [2.24, 2.45) is 0 Å². The van der Waals surface area contributed by atoms with Gasteiger partial charge in [0.15, 0.2) is 22.4 Å². The summed E-state index contributed by atoms with van der Waals surface area (Å²) in [7, 11) is 0. The van der Waals surface area contributed by atoms with E-state index in [1.165, 1.54) is 6.92 Å². The van der Waals surface area contributed by atoms with Crippen molar-refractivity contribution in [3.05, 3.63) is 52.7 Å². The summed E-state index contributed by atoms with van der Waals surface area (Å²) in [6, 6.07) is 10.9. The summed E-state index contributed by atoms with van der Waals surface area (Å²) in [6.45, 7) is 3.20. The molecule has 0 saturated carbocycles. The average molecular weight is 327 g/mol. The minimum absolute atomic E-state index is 0.0756. The summed E-state index contributed by atoms with van der Waals surface area (Å²) < 4.78 is 5.19. The zero-order chi connectivity index (χ0) is 16.4. The molecule has 0 aliphatic heterocycles. The maximum absolute atomic E-state index is 12.2. The molecule has 0 atom stereocenters. The third kappa shape index (κ3) is 3.19. The number of nitrogens with one attached hydrogen (secondary N) is 1. The number of anilines is 1. The maximum Gasteiger partial charge on any atom is 0.279 e. The Kier molecular flexibility index (Phi) is 4.03. The van der Waals surface area contributed by atoms with Crippen LogP contribution in [-0.2, 0) is 0 Å². The minimum Gasteiger partial charge on any atom is -0.355 e. The Morgan fingerprint density at radius 3 is 2.61 bits per heavy atom. The van der Waals surface area contributed by atoms with E-state index in [2.05, 4.69) is 15.5 Å². The topological polar surface area (TPSA) is 85.1 Å². The fourth-order valence-electron chi connectivity index (χ4n) is 2.06. The lowest BCUT2D eigenvalue weighted by Crippen LogP contribution is -2.11.